The Morgan fingerprint density at radius 1 is 0.926 bits per heavy atom. The molecule has 0 aromatic heterocycles. The molecule has 3 aromatic carbocycles. The van der Waals surface area contributed by atoms with Gasteiger partial charge in [0.2, 0.25) is 0 Å². The van der Waals surface area contributed by atoms with Gasteiger partial charge in [-0.15, -0.1) is 0 Å². The van der Waals surface area contributed by atoms with Crippen molar-refractivity contribution in [3.05, 3.63) is 89.7 Å². The van der Waals surface area contributed by atoms with E-state index in [9.17, 15) is 17.6 Å². The summed E-state index contributed by atoms with van der Waals surface area (Å²) >= 11 is 0. The smallest absolute Gasteiger partial charge is 0.261 e. The Balaban J connectivity index is 1.83. The number of hydrogen-bond acceptors (Lipinski definition) is 3. The lowest BCUT2D eigenvalue weighted by atomic mass is 10.2. The molecule has 0 unspecified atom stereocenters. The topological polar surface area (TPSA) is 75.3 Å². The number of sulfonamides is 1. The van der Waals surface area contributed by atoms with Gasteiger partial charge in [0.05, 0.1) is 10.6 Å². The highest BCUT2D eigenvalue weighted by molar-refractivity contribution is 7.92. The molecule has 0 aliphatic rings. The number of aryl methyl sites for hydroxylation is 1. The monoisotopic (exact) mass is 384 g/mol. The lowest BCUT2D eigenvalue weighted by Crippen LogP contribution is -2.16. The van der Waals surface area contributed by atoms with Gasteiger partial charge in [0.25, 0.3) is 15.9 Å². The van der Waals surface area contributed by atoms with E-state index in [1.807, 2.05) is 6.92 Å². The molecule has 0 saturated heterocycles. The van der Waals surface area contributed by atoms with Crippen LogP contribution >= 0.6 is 0 Å². The van der Waals surface area contributed by atoms with Gasteiger partial charge in [0.15, 0.2) is 0 Å². The molecule has 138 valence electrons. The number of rotatable bonds is 5. The Hall–Kier alpha value is -3.19. The summed E-state index contributed by atoms with van der Waals surface area (Å²) in [5.41, 5.74) is 1.55. The number of carbonyl (C=O) groups is 1. The Morgan fingerprint density at radius 3 is 2.33 bits per heavy atom. The molecular weight excluding hydrogens is 367 g/mol. The highest BCUT2D eigenvalue weighted by Crippen LogP contribution is 2.19. The van der Waals surface area contributed by atoms with Crippen LogP contribution in [0.25, 0.3) is 0 Å². The van der Waals surface area contributed by atoms with Gasteiger partial charge in [-0.05, 0) is 49.4 Å². The van der Waals surface area contributed by atoms with Gasteiger partial charge in [-0.25, -0.2) is 12.8 Å². The third-order valence-electron chi connectivity index (χ3n) is 3.83. The van der Waals surface area contributed by atoms with Crippen LogP contribution in [-0.2, 0) is 10.0 Å². The molecule has 1 amide bonds. The first-order valence-corrected chi connectivity index (χ1v) is 9.59. The van der Waals surface area contributed by atoms with Crippen LogP contribution in [0.2, 0.25) is 0 Å². The van der Waals surface area contributed by atoms with Gasteiger partial charge >= 0.3 is 0 Å². The van der Waals surface area contributed by atoms with Crippen molar-refractivity contribution in [1.29, 1.82) is 0 Å². The fraction of sp³-hybridized carbons (Fsp3) is 0.0500. The normalized spacial score (nSPS) is 11.0. The largest absolute Gasteiger partial charge is 0.319 e. The van der Waals surface area contributed by atoms with E-state index < -0.39 is 21.7 Å². The van der Waals surface area contributed by atoms with Gasteiger partial charge in [0.1, 0.15) is 5.82 Å². The molecule has 0 radical (unpaired) electrons. The summed E-state index contributed by atoms with van der Waals surface area (Å²) in [6.07, 6.45) is 0. The molecule has 5 nitrogen and oxygen atoms in total. The number of benzene rings is 3. The van der Waals surface area contributed by atoms with Crippen molar-refractivity contribution in [3.8, 4) is 0 Å². The number of para-hydroxylation sites is 1. The van der Waals surface area contributed by atoms with E-state index in [1.165, 1.54) is 42.5 Å². The minimum Gasteiger partial charge on any atom is -0.319 e. The molecule has 27 heavy (non-hydrogen) atoms. The number of nitrogens with one attached hydrogen (secondary N) is 2. The fourth-order valence-corrected chi connectivity index (χ4v) is 3.50. The van der Waals surface area contributed by atoms with Crippen molar-refractivity contribution in [2.75, 3.05) is 10.0 Å². The fourth-order valence-electron chi connectivity index (χ4n) is 2.40. The van der Waals surface area contributed by atoms with Crippen LogP contribution in [0.15, 0.2) is 77.7 Å². The van der Waals surface area contributed by atoms with E-state index in [-0.39, 0.29) is 16.1 Å². The van der Waals surface area contributed by atoms with Crippen LogP contribution in [0.5, 0.6) is 0 Å². The Morgan fingerprint density at radius 2 is 1.63 bits per heavy atom. The second kappa shape index (κ2) is 7.59. The first-order valence-electron chi connectivity index (χ1n) is 8.10. The van der Waals surface area contributed by atoms with Crippen LogP contribution in [-0.4, -0.2) is 14.3 Å². The van der Waals surface area contributed by atoms with Crippen molar-refractivity contribution in [3.63, 3.8) is 0 Å². The van der Waals surface area contributed by atoms with Crippen LogP contribution in [0.3, 0.4) is 0 Å². The zero-order valence-electron chi connectivity index (χ0n) is 14.4. The summed E-state index contributed by atoms with van der Waals surface area (Å²) in [6, 6.07) is 18.2. The van der Waals surface area contributed by atoms with Crippen molar-refractivity contribution in [2.24, 2.45) is 0 Å². The summed E-state index contributed by atoms with van der Waals surface area (Å²) in [5, 5.41) is 2.43. The van der Waals surface area contributed by atoms with E-state index in [0.717, 1.165) is 5.56 Å². The highest BCUT2D eigenvalue weighted by Gasteiger charge is 2.17. The predicted molar refractivity (Wildman–Crippen MR) is 103 cm³/mol. The second-order valence-electron chi connectivity index (χ2n) is 5.93. The number of anilines is 2. The lowest BCUT2D eigenvalue weighted by Gasteiger charge is -2.10. The maximum Gasteiger partial charge on any atom is 0.261 e. The van der Waals surface area contributed by atoms with E-state index >= 15 is 0 Å². The molecule has 0 aliphatic heterocycles. The third kappa shape index (κ3) is 4.51. The second-order valence-corrected chi connectivity index (χ2v) is 7.62. The van der Waals surface area contributed by atoms with Crippen LogP contribution < -0.4 is 10.0 Å². The van der Waals surface area contributed by atoms with Gasteiger partial charge in [-0.1, -0.05) is 35.9 Å². The molecule has 0 fully saturated rings. The maximum atomic E-state index is 13.7. The van der Waals surface area contributed by atoms with Gasteiger partial charge in [-0.2, -0.15) is 0 Å². The molecule has 0 aliphatic carbocycles. The van der Waals surface area contributed by atoms with Crippen molar-refractivity contribution >= 4 is 27.3 Å². The minimum atomic E-state index is -3.87. The molecule has 3 aromatic rings. The van der Waals surface area contributed by atoms with Crippen molar-refractivity contribution in [1.82, 2.24) is 0 Å². The Kier molecular flexibility index (Phi) is 5.23. The zero-order valence-corrected chi connectivity index (χ0v) is 15.3. The molecule has 0 spiro atoms. The zero-order chi connectivity index (χ0) is 19.4. The van der Waals surface area contributed by atoms with Gasteiger partial charge in [-0.3, -0.25) is 9.52 Å². The van der Waals surface area contributed by atoms with E-state index in [4.69, 9.17) is 0 Å². The van der Waals surface area contributed by atoms with Crippen LogP contribution in [0, 0.1) is 12.7 Å². The average molecular weight is 384 g/mol. The van der Waals surface area contributed by atoms with Crippen molar-refractivity contribution < 1.29 is 17.6 Å². The first kappa shape index (κ1) is 18.6. The summed E-state index contributed by atoms with van der Waals surface area (Å²) in [4.78, 5) is 12.3. The minimum absolute atomic E-state index is 0.0218. The molecule has 7 heteroatoms. The summed E-state index contributed by atoms with van der Waals surface area (Å²) in [6.45, 7) is 1.90. The first-order chi connectivity index (χ1) is 12.8. The number of amides is 1. The van der Waals surface area contributed by atoms with E-state index in [1.54, 1.807) is 30.3 Å². The lowest BCUT2D eigenvalue weighted by molar-refractivity contribution is 0.102. The van der Waals surface area contributed by atoms with E-state index in [0.29, 0.717) is 5.69 Å². The summed E-state index contributed by atoms with van der Waals surface area (Å²) in [5.74, 6) is -1.18. The van der Waals surface area contributed by atoms with Gasteiger partial charge in [0, 0.05) is 11.3 Å². The molecule has 0 atom stereocenters. The molecule has 0 saturated carbocycles. The van der Waals surface area contributed by atoms with Crippen LogP contribution in [0.4, 0.5) is 15.8 Å². The molecule has 0 heterocycles. The Bertz CT molecular complexity index is 1080. The summed E-state index contributed by atoms with van der Waals surface area (Å²) in [7, 11) is -3.87. The third-order valence-corrected chi connectivity index (χ3v) is 5.21. The number of carbonyl (C=O) groups excluding carboxylic acids is 1. The highest BCUT2D eigenvalue weighted by atomic mass is 32.2. The maximum absolute atomic E-state index is 13.7. The molecule has 3 rings (SSSR count). The van der Waals surface area contributed by atoms with Crippen LogP contribution in [0.1, 0.15) is 15.9 Å². The van der Waals surface area contributed by atoms with Gasteiger partial charge < -0.3 is 5.32 Å². The quantitative estimate of drug-likeness (QED) is 0.693. The van der Waals surface area contributed by atoms with Crippen molar-refractivity contribution in [2.45, 2.75) is 11.8 Å². The average Bonchev–Trinajstić information content (AvgIpc) is 2.65. The molecule has 2 N–H and O–H groups in total. The number of hydrogen-bond donors (Lipinski definition) is 2. The molecular formula is C20H17FN2O3S. The van der Waals surface area contributed by atoms with E-state index in [2.05, 4.69) is 10.0 Å². The number of halogens is 1. The summed E-state index contributed by atoms with van der Waals surface area (Å²) < 4.78 is 41.3. The standard InChI is InChI=1S/C20H17FN2O3S/c1-14-9-11-16(12-10-14)23-27(25,26)17-6-4-5-15(13-17)20(24)22-19-8-3-2-7-18(19)21/h2-13,23H,1H3,(H,22,24). The SMILES string of the molecule is Cc1ccc(NS(=O)(=O)c2cccc(C(=O)Nc3ccccc3F)c2)cc1. The Labute approximate surface area is 156 Å². The molecule has 0 bridgehead atoms. The predicted octanol–water partition coefficient (Wildman–Crippen LogP) is 4.19.